The molecule has 0 aromatic heterocycles. The van der Waals surface area contributed by atoms with Crippen LogP contribution < -0.4 is 10.6 Å². The van der Waals surface area contributed by atoms with E-state index in [2.05, 4.69) is 37.6 Å². The number of rotatable bonds is 6. The van der Waals surface area contributed by atoms with Crippen molar-refractivity contribution in [3.63, 3.8) is 0 Å². The zero-order valence-corrected chi connectivity index (χ0v) is 17.2. The van der Waals surface area contributed by atoms with E-state index in [1.54, 1.807) is 7.05 Å². The van der Waals surface area contributed by atoms with Crippen LogP contribution in [0.4, 0.5) is 0 Å². The first-order valence-electron chi connectivity index (χ1n) is 8.87. The molecule has 2 bridgehead atoms. The molecule has 6 nitrogen and oxygen atoms in total. The molecule has 3 saturated heterocycles. The predicted molar refractivity (Wildman–Crippen MR) is 113 cm³/mol. The van der Waals surface area contributed by atoms with Crippen LogP contribution in [0, 0.1) is 0 Å². The number of halogens is 1. The fraction of sp³-hybridized carbons (Fsp3) is 0.611. The maximum absolute atomic E-state index is 9.66. The molecular weight excluding hydrogens is 429 g/mol. The van der Waals surface area contributed by atoms with Gasteiger partial charge in [-0.15, -0.1) is 24.0 Å². The highest BCUT2D eigenvalue weighted by atomic mass is 127. The molecule has 3 heterocycles. The summed E-state index contributed by atoms with van der Waals surface area (Å²) >= 11 is 0. The van der Waals surface area contributed by atoms with E-state index in [9.17, 15) is 5.11 Å². The van der Waals surface area contributed by atoms with Crippen LogP contribution in [-0.2, 0) is 0 Å². The van der Waals surface area contributed by atoms with Gasteiger partial charge in [0.15, 0.2) is 5.96 Å². The van der Waals surface area contributed by atoms with Crippen molar-refractivity contribution in [2.75, 3.05) is 59.5 Å². The van der Waals surface area contributed by atoms with Gasteiger partial charge >= 0.3 is 0 Å². The number of hydrogen-bond donors (Lipinski definition) is 3. The number of benzene rings is 1. The van der Waals surface area contributed by atoms with Gasteiger partial charge in [-0.1, -0.05) is 30.3 Å². The molecule has 4 rings (SSSR count). The Labute approximate surface area is 167 Å². The minimum atomic E-state index is 0. The predicted octanol–water partition coefficient (Wildman–Crippen LogP) is 0.545. The van der Waals surface area contributed by atoms with Crippen LogP contribution in [-0.4, -0.2) is 86.4 Å². The van der Waals surface area contributed by atoms with Gasteiger partial charge < -0.3 is 15.7 Å². The summed E-state index contributed by atoms with van der Waals surface area (Å²) in [5, 5.41) is 16.5. The van der Waals surface area contributed by atoms with Gasteiger partial charge in [0.2, 0.25) is 0 Å². The lowest BCUT2D eigenvalue weighted by molar-refractivity contribution is 0.0154. The van der Waals surface area contributed by atoms with E-state index < -0.39 is 0 Å². The van der Waals surface area contributed by atoms with Crippen molar-refractivity contribution in [1.82, 2.24) is 20.4 Å². The normalized spacial score (nSPS) is 26.6. The summed E-state index contributed by atoms with van der Waals surface area (Å²) in [5.74, 6) is 0.882. The minimum absolute atomic E-state index is 0. The number of piperazine rings is 3. The van der Waals surface area contributed by atoms with E-state index in [0.717, 1.165) is 24.6 Å². The quantitative estimate of drug-likeness (QED) is 0.330. The topological polar surface area (TPSA) is 63.1 Å². The fourth-order valence-electron chi connectivity index (χ4n) is 3.59. The molecule has 3 N–H and O–H groups in total. The number of guanidine groups is 1. The number of aliphatic hydroxyl groups excluding tert-OH is 1. The van der Waals surface area contributed by atoms with E-state index in [1.807, 2.05) is 18.2 Å². The smallest absolute Gasteiger partial charge is 0.191 e. The molecule has 1 aromatic rings. The summed E-state index contributed by atoms with van der Waals surface area (Å²) in [6.45, 7) is 7.62. The van der Waals surface area contributed by atoms with Crippen LogP contribution in [0.25, 0.3) is 0 Å². The Balaban J connectivity index is 0.00000225. The number of nitrogens with one attached hydrogen (secondary N) is 2. The standard InChI is InChI=1S/C18H29N5O.HI/c1-19-18(20-11-16(14-24)15-5-3-2-4-6-15)21-12-17-13-22-7-9-23(17)10-8-22;/h2-6,16-17,24H,7-14H2,1H3,(H2,19,20,21);1H. The molecule has 0 saturated carbocycles. The maximum atomic E-state index is 9.66. The molecule has 0 radical (unpaired) electrons. The molecule has 0 spiro atoms. The fourth-order valence-corrected chi connectivity index (χ4v) is 3.59. The first kappa shape index (κ1) is 20.4. The van der Waals surface area contributed by atoms with Crippen molar-refractivity contribution in [2.24, 2.45) is 4.99 Å². The third kappa shape index (κ3) is 5.54. The van der Waals surface area contributed by atoms with Crippen LogP contribution in [0.2, 0.25) is 0 Å². The number of aliphatic hydroxyl groups is 1. The molecule has 3 aliphatic heterocycles. The summed E-state index contributed by atoms with van der Waals surface area (Å²) in [7, 11) is 1.79. The molecule has 0 aliphatic carbocycles. The number of aliphatic imine (C=N–C) groups is 1. The highest BCUT2D eigenvalue weighted by Crippen LogP contribution is 2.15. The lowest BCUT2D eigenvalue weighted by Crippen LogP contribution is -2.63. The van der Waals surface area contributed by atoms with Crippen LogP contribution in [0.1, 0.15) is 11.5 Å². The average molecular weight is 459 g/mol. The first-order valence-corrected chi connectivity index (χ1v) is 8.87. The molecule has 2 unspecified atom stereocenters. The van der Waals surface area contributed by atoms with Crippen molar-refractivity contribution in [1.29, 1.82) is 0 Å². The molecule has 0 amide bonds. The van der Waals surface area contributed by atoms with Crippen LogP contribution in [0.15, 0.2) is 35.3 Å². The molecule has 2 atom stereocenters. The van der Waals surface area contributed by atoms with Crippen LogP contribution in [0.3, 0.4) is 0 Å². The Hall–Kier alpha value is -0.900. The van der Waals surface area contributed by atoms with Gasteiger partial charge in [-0.25, -0.2) is 0 Å². The largest absolute Gasteiger partial charge is 0.396 e. The average Bonchev–Trinajstić information content (AvgIpc) is 2.66. The molecule has 25 heavy (non-hydrogen) atoms. The molecule has 3 fully saturated rings. The third-order valence-electron chi connectivity index (χ3n) is 5.13. The highest BCUT2D eigenvalue weighted by Gasteiger charge is 2.31. The Bertz CT molecular complexity index is 534. The Morgan fingerprint density at radius 3 is 2.48 bits per heavy atom. The van der Waals surface area contributed by atoms with E-state index in [0.29, 0.717) is 12.6 Å². The molecule has 1 aromatic carbocycles. The SMILES string of the molecule is CN=C(NCC(CO)c1ccccc1)NCC1CN2CCN1CC2.I. The van der Waals surface area contributed by atoms with Gasteiger partial charge in [0.1, 0.15) is 0 Å². The third-order valence-corrected chi connectivity index (χ3v) is 5.13. The number of fused-ring (bicyclic) bond motifs is 3. The number of hydrogen-bond acceptors (Lipinski definition) is 4. The Morgan fingerprint density at radius 1 is 1.20 bits per heavy atom. The van der Waals surface area contributed by atoms with Gasteiger partial charge in [-0.2, -0.15) is 0 Å². The molecule has 140 valence electrons. The second-order valence-corrected chi connectivity index (χ2v) is 6.61. The summed E-state index contributed by atoms with van der Waals surface area (Å²) in [6.07, 6.45) is 0. The van der Waals surface area contributed by atoms with Crippen molar-refractivity contribution >= 4 is 29.9 Å². The lowest BCUT2D eigenvalue weighted by atomic mass is 10.0. The van der Waals surface area contributed by atoms with E-state index >= 15 is 0 Å². The highest BCUT2D eigenvalue weighted by molar-refractivity contribution is 14.0. The van der Waals surface area contributed by atoms with Gasteiger partial charge in [0, 0.05) is 64.8 Å². The minimum Gasteiger partial charge on any atom is -0.396 e. The maximum Gasteiger partial charge on any atom is 0.191 e. The van der Waals surface area contributed by atoms with Crippen molar-refractivity contribution in [3.05, 3.63) is 35.9 Å². The van der Waals surface area contributed by atoms with Crippen LogP contribution >= 0.6 is 24.0 Å². The van der Waals surface area contributed by atoms with Crippen molar-refractivity contribution in [2.45, 2.75) is 12.0 Å². The molecule has 7 heteroatoms. The molecular formula is C18H30IN5O. The monoisotopic (exact) mass is 459 g/mol. The zero-order chi connectivity index (χ0) is 16.8. The van der Waals surface area contributed by atoms with Gasteiger partial charge in [0.05, 0.1) is 6.61 Å². The second kappa shape index (κ2) is 10.3. The molecule has 3 aliphatic rings. The van der Waals surface area contributed by atoms with E-state index in [-0.39, 0.29) is 36.5 Å². The van der Waals surface area contributed by atoms with E-state index in [1.165, 1.54) is 26.2 Å². The first-order chi connectivity index (χ1) is 11.8. The Morgan fingerprint density at radius 2 is 1.92 bits per heavy atom. The van der Waals surface area contributed by atoms with Crippen molar-refractivity contribution < 1.29 is 5.11 Å². The lowest BCUT2D eigenvalue weighted by Gasteiger charge is -2.47. The summed E-state index contributed by atoms with van der Waals surface area (Å²) in [6, 6.07) is 10.7. The summed E-state index contributed by atoms with van der Waals surface area (Å²) < 4.78 is 0. The zero-order valence-electron chi connectivity index (χ0n) is 14.9. The van der Waals surface area contributed by atoms with Crippen LogP contribution in [0.5, 0.6) is 0 Å². The van der Waals surface area contributed by atoms with E-state index in [4.69, 9.17) is 0 Å². The summed E-state index contributed by atoms with van der Waals surface area (Å²) in [4.78, 5) is 9.43. The van der Waals surface area contributed by atoms with Crippen molar-refractivity contribution in [3.8, 4) is 0 Å². The van der Waals surface area contributed by atoms with Gasteiger partial charge in [0.25, 0.3) is 0 Å². The van der Waals surface area contributed by atoms with Gasteiger partial charge in [-0.05, 0) is 5.56 Å². The summed E-state index contributed by atoms with van der Waals surface area (Å²) in [5.41, 5.74) is 1.14. The van der Waals surface area contributed by atoms with Gasteiger partial charge in [-0.3, -0.25) is 14.8 Å². The Kier molecular flexibility index (Phi) is 8.41. The second-order valence-electron chi connectivity index (χ2n) is 6.61. The number of nitrogens with zero attached hydrogens (tertiary/aromatic N) is 3.